The minimum absolute atomic E-state index is 0.0266. The molecule has 0 aliphatic heterocycles. The van der Waals surface area contributed by atoms with Crippen LogP contribution in [0, 0.1) is 17.5 Å². The topological polar surface area (TPSA) is 94.5 Å². The Labute approximate surface area is 185 Å². The molecule has 3 heterocycles. The third-order valence-corrected chi connectivity index (χ3v) is 4.98. The molecule has 0 unspecified atom stereocenters. The first-order valence-corrected chi connectivity index (χ1v) is 9.90. The van der Waals surface area contributed by atoms with Gasteiger partial charge in [-0.25, -0.2) is 22.8 Å². The number of halogens is 3. The number of pyridine rings is 1. The zero-order valence-electron chi connectivity index (χ0n) is 17.0. The van der Waals surface area contributed by atoms with E-state index in [0.29, 0.717) is 12.2 Å². The van der Waals surface area contributed by atoms with Gasteiger partial charge in [-0.15, -0.1) is 5.10 Å². The number of anilines is 2. The predicted molar refractivity (Wildman–Crippen MR) is 118 cm³/mol. The molecule has 164 valence electrons. The summed E-state index contributed by atoms with van der Waals surface area (Å²) in [6, 6.07) is 12.5. The van der Waals surface area contributed by atoms with E-state index < -0.39 is 17.5 Å². The van der Waals surface area contributed by atoms with Gasteiger partial charge in [-0.3, -0.25) is 4.98 Å². The monoisotopic (exact) mass is 447 g/mol. The summed E-state index contributed by atoms with van der Waals surface area (Å²) in [6.07, 6.45) is 3.34. The van der Waals surface area contributed by atoms with Crippen molar-refractivity contribution in [2.24, 2.45) is 0 Å². The standard InChI is InChI=1S/C23H16F3N7/c24-14-4-1-5-16(9-14)33-21(27)19-20(17-7-6-15(25)10-18(17)26)30-23(31-22(19)32-33)29-12-13-3-2-8-28-11-13/h1-11H,12,27H2,(H,29,31,32). The Balaban J connectivity index is 1.68. The van der Waals surface area contributed by atoms with Crippen LogP contribution in [-0.4, -0.2) is 24.7 Å². The summed E-state index contributed by atoms with van der Waals surface area (Å²) in [5, 5.41) is 7.72. The third kappa shape index (κ3) is 3.93. The fourth-order valence-electron chi connectivity index (χ4n) is 3.46. The van der Waals surface area contributed by atoms with Crippen LogP contribution < -0.4 is 11.1 Å². The van der Waals surface area contributed by atoms with Gasteiger partial charge in [-0.2, -0.15) is 4.98 Å². The van der Waals surface area contributed by atoms with Crippen molar-refractivity contribution in [2.75, 3.05) is 11.1 Å². The van der Waals surface area contributed by atoms with E-state index in [0.717, 1.165) is 17.7 Å². The fourth-order valence-corrected chi connectivity index (χ4v) is 3.46. The minimum atomic E-state index is -0.814. The van der Waals surface area contributed by atoms with Crippen LogP contribution in [-0.2, 0) is 6.54 Å². The van der Waals surface area contributed by atoms with Crippen LogP contribution in [0.3, 0.4) is 0 Å². The van der Waals surface area contributed by atoms with Crippen molar-refractivity contribution < 1.29 is 13.2 Å². The Hall–Kier alpha value is -4.47. The quantitative estimate of drug-likeness (QED) is 0.412. The van der Waals surface area contributed by atoms with Gasteiger partial charge in [0.1, 0.15) is 23.3 Å². The van der Waals surface area contributed by atoms with Crippen LogP contribution in [0.1, 0.15) is 5.56 Å². The Morgan fingerprint density at radius 3 is 2.55 bits per heavy atom. The van der Waals surface area contributed by atoms with Crippen LogP contribution >= 0.6 is 0 Å². The van der Waals surface area contributed by atoms with Gasteiger partial charge < -0.3 is 11.1 Å². The van der Waals surface area contributed by atoms with Gasteiger partial charge >= 0.3 is 0 Å². The second-order valence-electron chi connectivity index (χ2n) is 7.21. The smallest absolute Gasteiger partial charge is 0.225 e. The number of nitrogens with zero attached hydrogens (tertiary/aromatic N) is 5. The highest BCUT2D eigenvalue weighted by Gasteiger charge is 2.21. The molecule has 0 atom stereocenters. The maximum atomic E-state index is 14.7. The highest BCUT2D eigenvalue weighted by Crippen LogP contribution is 2.34. The molecule has 3 aromatic heterocycles. The molecule has 3 N–H and O–H groups in total. The molecule has 10 heteroatoms. The third-order valence-electron chi connectivity index (χ3n) is 4.98. The Kier molecular flexibility index (Phi) is 5.09. The number of nitrogens with one attached hydrogen (secondary N) is 1. The molecule has 0 amide bonds. The van der Waals surface area contributed by atoms with Crippen LogP contribution in [0.25, 0.3) is 28.0 Å². The van der Waals surface area contributed by atoms with Gasteiger partial charge in [-0.05, 0) is 42.0 Å². The first-order valence-electron chi connectivity index (χ1n) is 9.90. The normalized spacial score (nSPS) is 11.1. The Morgan fingerprint density at radius 2 is 1.79 bits per heavy atom. The molecule has 0 spiro atoms. The fraction of sp³-hybridized carbons (Fsp3) is 0.0435. The van der Waals surface area contributed by atoms with E-state index in [4.69, 9.17) is 5.73 Å². The number of hydrogen-bond donors (Lipinski definition) is 2. The van der Waals surface area contributed by atoms with Crippen molar-refractivity contribution in [2.45, 2.75) is 6.54 Å². The van der Waals surface area contributed by atoms with Gasteiger partial charge in [-0.1, -0.05) is 12.1 Å². The van der Waals surface area contributed by atoms with E-state index in [1.54, 1.807) is 24.5 Å². The molecule has 7 nitrogen and oxygen atoms in total. The summed E-state index contributed by atoms with van der Waals surface area (Å²) in [7, 11) is 0. The molecule has 0 radical (unpaired) electrons. The largest absolute Gasteiger partial charge is 0.383 e. The lowest BCUT2D eigenvalue weighted by Crippen LogP contribution is -2.05. The number of benzene rings is 2. The maximum absolute atomic E-state index is 14.7. The lowest BCUT2D eigenvalue weighted by Gasteiger charge is -2.09. The maximum Gasteiger partial charge on any atom is 0.225 e. The zero-order valence-corrected chi connectivity index (χ0v) is 17.0. The molecule has 5 aromatic rings. The van der Waals surface area contributed by atoms with Crippen molar-refractivity contribution in [3.63, 3.8) is 0 Å². The highest BCUT2D eigenvalue weighted by atomic mass is 19.1. The predicted octanol–water partition coefficient (Wildman–Crippen LogP) is 4.49. The number of nitrogens with two attached hydrogens (primary N) is 1. The number of rotatable bonds is 5. The van der Waals surface area contributed by atoms with Crippen LogP contribution in [0.15, 0.2) is 67.0 Å². The number of aromatic nitrogens is 5. The van der Waals surface area contributed by atoms with Gasteiger partial charge in [0, 0.05) is 30.6 Å². The van der Waals surface area contributed by atoms with E-state index in [1.807, 2.05) is 6.07 Å². The van der Waals surface area contributed by atoms with Crippen molar-refractivity contribution in [1.82, 2.24) is 24.7 Å². The van der Waals surface area contributed by atoms with Crippen molar-refractivity contribution >= 4 is 22.8 Å². The average molecular weight is 447 g/mol. The molecule has 0 saturated heterocycles. The van der Waals surface area contributed by atoms with Crippen molar-refractivity contribution in [1.29, 1.82) is 0 Å². The van der Waals surface area contributed by atoms with Gasteiger partial charge in [0.2, 0.25) is 5.95 Å². The minimum Gasteiger partial charge on any atom is -0.383 e. The molecule has 0 fully saturated rings. The summed E-state index contributed by atoms with van der Waals surface area (Å²) >= 11 is 0. The first-order chi connectivity index (χ1) is 16.0. The number of nitrogen functional groups attached to an aromatic ring is 1. The van der Waals surface area contributed by atoms with E-state index in [-0.39, 0.29) is 34.1 Å². The van der Waals surface area contributed by atoms with E-state index in [9.17, 15) is 13.2 Å². The molecule has 33 heavy (non-hydrogen) atoms. The number of hydrogen-bond acceptors (Lipinski definition) is 6. The Bertz CT molecular complexity index is 1470. The van der Waals surface area contributed by atoms with E-state index >= 15 is 0 Å². The average Bonchev–Trinajstić information content (AvgIpc) is 3.14. The van der Waals surface area contributed by atoms with Crippen molar-refractivity contribution in [3.05, 3.63) is 90.0 Å². The summed E-state index contributed by atoms with van der Waals surface area (Å²) < 4.78 is 43.3. The molecular weight excluding hydrogens is 431 g/mol. The number of fused-ring (bicyclic) bond motifs is 1. The van der Waals surface area contributed by atoms with Gasteiger partial charge in [0.15, 0.2) is 5.65 Å². The van der Waals surface area contributed by atoms with E-state index in [1.165, 1.54) is 28.9 Å². The highest BCUT2D eigenvalue weighted by molar-refractivity contribution is 5.99. The molecule has 0 bridgehead atoms. The lowest BCUT2D eigenvalue weighted by molar-refractivity contribution is 0.585. The molecule has 5 rings (SSSR count). The summed E-state index contributed by atoms with van der Waals surface area (Å²) in [6.45, 7) is 0.352. The SMILES string of the molecule is Nc1c2c(-c3ccc(F)cc3F)nc(NCc3cccnc3)nc2nn1-c1cccc(F)c1. The van der Waals surface area contributed by atoms with Gasteiger partial charge in [0.25, 0.3) is 0 Å². The summed E-state index contributed by atoms with van der Waals surface area (Å²) in [5.74, 6) is -1.76. The van der Waals surface area contributed by atoms with Crippen LogP contribution in [0.2, 0.25) is 0 Å². The second-order valence-corrected chi connectivity index (χ2v) is 7.21. The first kappa shape index (κ1) is 20.4. The summed E-state index contributed by atoms with van der Waals surface area (Å²) in [5.41, 5.74) is 7.89. The van der Waals surface area contributed by atoms with Crippen molar-refractivity contribution in [3.8, 4) is 16.9 Å². The molecule has 0 saturated carbocycles. The molecule has 0 aliphatic carbocycles. The van der Waals surface area contributed by atoms with E-state index in [2.05, 4.69) is 25.4 Å². The second kappa shape index (κ2) is 8.23. The van der Waals surface area contributed by atoms with Gasteiger partial charge in [0.05, 0.1) is 16.8 Å². The molecular formula is C23H16F3N7. The Morgan fingerprint density at radius 1 is 0.939 bits per heavy atom. The van der Waals surface area contributed by atoms with Crippen LogP contribution in [0.4, 0.5) is 24.9 Å². The molecule has 2 aromatic carbocycles. The summed E-state index contributed by atoms with van der Waals surface area (Å²) in [4.78, 5) is 12.9. The lowest BCUT2D eigenvalue weighted by atomic mass is 10.1. The zero-order chi connectivity index (χ0) is 22.9. The molecule has 0 aliphatic rings. The van der Waals surface area contributed by atoms with Crippen LogP contribution in [0.5, 0.6) is 0 Å².